The second-order valence-electron chi connectivity index (χ2n) is 10.9. The standard InChI is InChI=1S/C28H33F5N4O/c1-16-8-21-20-9-17(30)4-5-24(20)35-26(21)27(37(16)14-28(2,33)15-38)25-22(31)10-18(11-23(25)32)34-19-12-36(13-19)7-3-6-29/h4-5,9-11,16,19,27,34-35,38H,3,6-8,12-15H2,1-2H3/t16-,27-,28?/m0/s1. The van der Waals surface area contributed by atoms with E-state index < -0.39 is 35.8 Å². The molecule has 0 radical (unpaired) electrons. The zero-order valence-corrected chi connectivity index (χ0v) is 21.5. The van der Waals surface area contributed by atoms with Gasteiger partial charge in [0, 0.05) is 60.1 Å². The molecule has 0 aliphatic carbocycles. The average Bonchev–Trinajstić information content (AvgIpc) is 3.18. The molecule has 0 saturated carbocycles. The summed E-state index contributed by atoms with van der Waals surface area (Å²) in [4.78, 5) is 6.94. The number of nitrogens with zero attached hydrogens (tertiary/aromatic N) is 2. The number of likely N-dealkylation sites (tertiary alicyclic amines) is 1. The number of aliphatic hydroxyl groups is 1. The summed E-state index contributed by atoms with van der Waals surface area (Å²) >= 11 is 0. The van der Waals surface area contributed by atoms with Crippen molar-refractivity contribution in [3.63, 3.8) is 0 Å². The summed E-state index contributed by atoms with van der Waals surface area (Å²) in [5, 5.41) is 13.4. The van der Waals surface area contributed by atoms with Crippen LogP contribution in [0.3, 0.4) is 0 Å². The van der Waals surface area contributed by atoms with Crippen molar-refractivity contribution in [2.45, 2.75) is 50.5 Å². The predicted octanol–water partition coefficient (Wildman–Crippen LogP) is 5.10. The zero-order chi connectivity index (χ0) is 27.2. The normalized spacial score (nSPS) is 22.3. The largest absolute Gasteiger partial charge is 0.393 e. The van der Waals surface area contributed by atoms with Gasteiger partial charge in [-0.15, -0.1) is 0 Å². The maximum Gasteiger partial charge on any atom is 0.143 e. The highest BCUT2D eigenvalue weighted by molar-refractivity contribution is 5.85. The second kappa shape index (κ2) is 10.5. The van der Waals surface area contributed by atoms with Gasteiger partial charge >= 0.3 is 0 Å². The molecule has 0 bridgehead atoms. The van der Waals surface area contributed by atoms with Crippen molar-refractivity contribution in [1.29, 1.82) is 0 Å². The van der Waals surface area contributed by atoms with E-state index in [0.717, 1.165) is 5.56 Å². The van der Waals surface area contributed by atoms with Gasteiger partial charge in [0.25, 0.3) is 0 Å². The lowest BCUT2D eigenvalue weighted by Crippen LogP contribution is -2.54. The number of halogens is 5. The zero-order valence-electron chi connectivity index (χ0n) is 21.5. The monoisotopic (exact) mass is 536 g/mol. The van der Waals surface area contributed by atoms with Crippen molar-refractivity contribution in [3.05, 3.63) is 64.6 Å². The van der Waals surface area contributed by atoms with Crippen LogP contribution in [0.5, 0.6) is 0 Å². The van der Waals surface area contributed by atoms with Gasteiger partial charge in [-0.25, -0.2) is 17.6 Å². The van der Waals surface area contributed by atoms with Crippen LogP contribution in [0.4, 0.5) is 27.6 Å². The van der Waals surface area contributed by atoms with E-state index in [2.05, 4.69) is 15.2 Å². The number of hydrogen-bond donors (Lipinski definition) is 3. The Kier molecular flexibility index (Phi) is 7.41. The van der Waals surface area contributed by atoms with Crippen LogP contribution in [0.1, 0.15) is 43.1 Å². The number of aliphatic hydroxyl groups excluding tert-OH is 1. The summed E-state index contributed by atoms with van der Waals surface area (Å²) in [6.07, 6.45) is 0.873. The predicted molar refractivity (Wildman–Crippen MR) is 137 cm³/mol. The maximum atomic E-state index is 15.8. The fraction of sp³-hybridized carbons (Fsp3) is 0.500. The van der Waals surface area contributed by atoms with E-state index >= 15 is 13.2 Å². The van der Waals surface area contributed by atoms with Crippen LogP contribution in [0.15, 0.2) is 30.3 Å². The number of aromatic nitrogens is 1. The van der Waals surface area contributed by atoms with E-state index in [4.69, 9.17) is 0 Å². The van der Waals surface area contributed by atoms with Crippen molar-refractivity contribution < 1.29 is 27.1 Å². The first kappa shape index (κ1) is 26.9. The van der Waals surface area contributed by atoms with Gasteiger partial charge in [0.15, 0.2) is 0 Å². The first-order valence-electron chi connectivity index (χ1n) is 13.0. The molecule has 3 aromatic rings. The number of fused-ring (bicyclic) bond motifs is 3. The SMILES string of the molecule is C[C@H]1Cc2c([nH]c3ccc(F)cc23)[C@H](c2c(F)cc(NC3CN(CCCF)C3)cc2F)N1CC(C)(F)CO. The molecule has 2 aliphatic heterocycles. The lowest BCUT2D eigenvalue weighted by Gasteiger charge is -2.43. The van der Waals surface area contributed by atoms with Crippen LogP contribution in [-0.4, -0.2) is 77.1 Å². The quantitative estimate of drug-likeness (QED) is 0.333. The summed E-state index contributed by atoms with van der Waals surface area (Å²) < 4.78 is 73.1. The number of benzene rings is 2. The Morgan fingerprint density at radius 2 is 1.84 bits per heavy atom. The topological polar surface area (TPSA) is 54.5 Å². The van der Waals surface area contributed by atoms with Gasteiger partial charge in [0.05, 0.1) is 25.4 Å². The Morgan fingerprint density at radius 1 is 1.13 bits per heavy atom. The molecule has 0 spiro atoms. The summed E-state index contributed by atoms with van der Waals surface area (Å²) in [6, 6.07) is 5.40. The number of rotatable bonds is 9. The highest BCUT2D eigenvalue weighted by atomic mass is 19.2. The molecule has 1 saturated heterocycles. The second-order valence-corrected chi connectivity index (χ2v) is 10.9. The van der Waals surface area contributed by atoms with E-state index in [0.29, 0.717) is 54.8 Å². The Balaban J connectivity index is 1.52. The Labute approximate surface area is 218 Å². The van der Waals surface area contributed by atoms with Crippen molar-refractivity contribution in [2.75, 3.05) is 44.8 Å². The van der Waals surface area contributed by atoms with Gasteiger partial charge in [-0.3, -0.25) is 14.2 Å². The van der Waals surface area contributed by atoms with Gasteiger partial charge in [0.2, 0.25) is 0 Å². The highest BCUT2D eigenvalue weighted by Gasteiger charge is 2.42. The van der Waals surface area contributed by atoms with Crippen molar-refractivity contribution in [1.82, 2.24) is 14.8 Å². The lowest BCUT2D eigenvalue weighted by atomic mass is 9.87. The first-order valence-corrected chi connectivity index (χ1v) is 13.0. The molecular weight excluding hydrogens is 503 g/mol. The third-order valence-electron chi connectivity index (χ3n) is 7.70. The molecule has 2 aliphatic rings. The fourth-order valence-corrected chi connectivity index (χ4v) is 5.81. The van der Waals surface area contributed by atoms with Crippen LogP contribution in [0.25, 0.3) is 10.9 Å². The van der Waals surface area contributed by atoms with Crippen molar-refractivity contribution in [3.8, 4) is 0 Å². The molecule has 3 heterocycles. The van der Waals surface area contributed by atoms with Gasteiger partial charge in [-0.05, 0) is 62.6 Å². The van der Waals surface area contributed by atoms with Gasteiger partial charge in [-0.2, -0.15) is 0 Å². The Morgan fingerprint density at radius 3 is 2.50 bits per heavy atom. The van der Waals surface area contributed by atoms with E-state index in [1.54, 1.807) is 11.0 Å². The van der Waals surface area contributed by atoms with Crippen LogP contribution in [0.2, 0.25) is 0 Å². The molecule has 38 heavy (non-hydrogen) atoms. The molecule has 3 atom stereocenters. The molecule has 3 N–H and O–H groups in total. The molecule has 206 valence electrons. The van der Waals surface area contributed by atoms with Gasteiger partial charge < -0.3 is 15.4 Å². The molecule has 2 aromatic carbocycles. The van der Waals surface area contributed by atoms with Gasteiger partial charge in [-0.1, -0.05) is 0 Å². The first-order chi connectivity index (χ1) is 18.1. The molecule has 1 fully saturated rings. The highest BCUT2D eigenvalue weighted by Crippen LogP contribution is 2.43. The Hall–Kier alpha value is -2.69. The third-order valence-corrected chi connectivity index (χ3v) is 7.70. The van der Waals surface area contributed by atoms with Crippen molar-refractivity contribution >= 4 is 16.6 Å². The molecule has 5 nitrogen and oxygen atoms in total. The fourth-order valence-electron chi connectivity index (χ4n) is 5.81. The molecular formula is C28H33F5N4O. The number of H-pyrrole nitrogens is 1. The minimum absolute atomic E-state index is 0.00234. The van der Waals surface area contributed by atoms with Gasteiger partial charge in [0.1, 0.15) is 23.1 Å². The average molecular weight is 537 g/mol. The molecule has 1 aromatic heterocycles. The van der Waals surface area contributed by atoms with E-state index in [9.17, 15) is 13.9 Å². The molecule has 0 amide bonds. The number of anilines is 1. The van der Waals surface area contributed by atoms with Crippen LogP contribution >= 0.6 is 0 Å². The number of alkyl halides is 2. The smallest absolute Gasteiger partial charge is 0.143 e. The molecule has 1 unspecified atom stereocenters. The Bertz CT molecular complexity index is 1280. The van der Waals surface area contributed by atoms with E-state index in [1.807, 2.05) is 6.92 Å². The summed E-state index contributed by atoms with van der Waals surface area (Å²) in [6.45, 7) is 3.66. The lowest BCUT2D eigenvalue weighted by molar-refractivity contribution is 0.0162. The van der Waals surface area contributed by atoms with E-state index in [-0.39, 0.29) is 30.9 Å². The van der Waals surface area contributed by atoms with Crippen molar-refractivity contribution in [2.24, 2.45) is 0 Å². The molecule has 5 rings (SSSR count). The minimum Gasteiger partial charge on any atom is -0.393 e. The summed E-state index contributed by atoms with van der Waals surface area (Å²) in [7, 11) is 0. The summed E-state index contributed by atoms with van der Waals surface area (Å²) in [5.41, 5.74) is -0.0993. The number of nitrogens with one attached hydrogen (secondary N) is 2. The van der Waals surface area contributed by atoms with Crippen LogP contribution in [-0.2, 0) is 6.42 Å². The van der Waals surface area contributed by atoms with E-state index in [1.165, 1.54) is 31.2 Å². The maximum absolute atomic E-state index is 15.8. The minimum atomic E-state index is -2.01. The van der Waals surface area contributed by atoms with Crippen LogP contribution < -0.4 is 5.32 Å². The number of hydrogen-bond acceptors (Lipinski definition) is 4. The third kappa shape index (κ3) is 5.13. The summed E-state index contributed by atoms with van der Waals surface area (Å²) in [5.74, 6) is -1.99. The molecule has 10 heteroatoms. The number of aromatic amines is 1. The van der Waals surface area contributed by atoms with Crippen LogP contribution in [0, 0.1) is 17.5 Å².